The molecule has 2 aromatic heterocycles. The summed E-state index contributed by atoms with van der Waals surface area (Å²) in [5.41, 5.74) is 1.52. The highest BCUT2D eigenvalue weighted by molar-refractivity contribution is 6.05. The lowest BCUT2D eigenvalue weighted by atomic mass is 9.77. The van der Waals surface area contributed by atoms with Gasteiger partial charge in [0.2, 0.25) is 0 Å². The third-order valence-corrected chi connectivity index (χ3v) is 5.12. The van der Waals surface area contributed by atoms with Crippen molar-refractivity contribution in [3.05, 3.63) is 54.0 Å². The van der Waals surface area contributed by atoms with E-state index in [-0.39, 0.29) is 12.5 Å². The molecule has 1 aliphatic rings. The van der Waals surface area contributed by atoms with Gasteiger partial charge in [-0.1, -0.05) is 6.07 Å². The lowest BCUT2D eigenvalue weighted by Crippen LogP contribution is -2.56. The molecule has 1 aromatic carbocycles. The minimum Gasteiger partial charge on any atom is -0.487 e. The Balaban J connectivity index is 1.59. The molecule has 0 aliphatic heterocycles. The zero-order chi connectivity index (χ0) is 18.9. The van der Waals surface area contributed by atoms with Gasteiger partial charge in [-0.15, -0.1) is 0 Å². The van der Waals surface area contributed by atoms with Crippen LogP contribution < -0.4 is 10.1 Å². The maximum Gasteiger partial charge on any atom is 0.270 e. The number of fused-ring (bicyclic) bond motifs is 1. The number of ether oxygens (including phenoxy) is 1. The highest BCUT2D eigenvalue weighted by atomic mass is 16.5. The number of amides is 1. The molecule has 1 amide bonds. The molecule has 0 saturated heterocycles. The van der Waals surface area contributed by atoms with E-state index in [9.17, 15) is 9.90 Å². The number of carbonyl (C=O) groups excluding carboxylic acids is 1. The molecule has 3 aromatic rings. The van der Waals surface area contributed by atoms with E-state index in [1.54, 1.807) is 17.9 Å². The molecule has 0 bridgehead atoms. The number of rotatable bonds is 6. The predicted molar refractivity (Wildman–Crippen MR) is 100 cm³/mol. The van der Waals surface area contributed by atoms with Crippen molar-refractivity contribution in [2.75, 3.05) is 6.61 Å². The second-order valence-corrected chi connectivity index (χ2v) is 7.01. The molecule has 2 N–H and O–H groups in total. The molecule has 0 spiro atoms. The fourth-order valence-corrected chi connectivity index (χ4v) is 3.40. The van der Waals surface area contributed by atoms with Gasteiger partial charge < -0.3 is 15.2 Å². The molecule has 1 saturated carbocycles. The van der Waals surface area contributed by atoms with Crippen LogP contribution in [0.15, 0.2) is 42.6 Å². The van der Waals surface area contributed by atoms with E-state index in [2.05, 4.69) is 15.4 Å². The van der Waals surface area contributed by atoms with Crippen molar-refractivity contribution < 1.29 is 14.6 Å². The molecule has 1 fully saturated rings. The molecule has 27 heavy (non-hydrogen) atoms. The van der Waals surface area contributed by atoms with Crippen LogP contribution in [0.5, 0.6) is 5.75 Å². The lowest BCUT2D eigenvalue weighted by molar-refractivity contribution is 0.0635. The number of aliphatic hydroxyl groups excluding tert-OH is 1. The van der Waals surface area contributed by atoms with Crippen LogP contribution in [-0.2, 0) is 13.7 Å². The van der Waals surface area contributed by atoms with Crippen LogP contribution in [0.2, 0.25) is 0 Å². The fourth-order valence-electron chi connectivity index (χ4n) is 3.40. The van der Waals surface area contributed by atoms with Gasteiger partial charge in [0.05, 0.1) is 23.4 Å². The number of aromatic nitrogens is 3. The quantitative estimate of drug-likeness (QED) is 0.698. The number of hydrogen-bond donors (Lipinski definition) is 2. The van der Waals surface area contributed by atoms with E-state index < -0.39 is 5.54 Å². The molecule has 140 valence electrons. The third kappa shape index (κ3) is 3.38. The highest BCUT2D eigenvalue weighted by Gasteiger charge is 2.38. The first-order valence-electron chi connectivity index (χ1n) is 9.03. The first-order valence-corrected chi connectivity index (χ1v) is 9.03. The van der Waals surface area contributed by atoms with E-state index in [1.807, 2.05) is 36.4 Å². The molecule has 2 heterocycles. The normalized spacial score (nSPS) is 15.3. The summed E-state index contributed by atoms with van der Waals surface area (Å²) in [4.78, 5) is 17.1. The summed E-state index contributed by atoms with van der Waals surface area (Å²) in [6.07, 6.45) is 4.33. The van der Waals surface area contributed by atoms with Crippen LogP contribution in [0.1, 0.15) is 35.4 Å². The standard InChI is InChI=1S/C20H22N4O3/c1-24-18(19(26)22-20(13-25)8-4-9-20)16-11-15(6-7-17(16)23-24)27-12-14-5-2-3-10-21-14/h2-3,5-7,10-11,25H,4,8-9,12-13H2,1H3,(H,22,26). The Hall–Kier alpha value is -2.93. The Kier molecular flexibility index (Phi) is 4.53. The van der Waals surface area contributed by atoms with Crippen LogP contribution in [0, 0.1) is 0 Å². The van der Waals surface area contributed by atoms with Crippen LogP contribution in [0.4, 0.5) is 0 Å². The number of nitrogens with one attached hydrogen (secondary N) is 1. The number of carbonyl (C=O) groups is 1. The van der Waals surface area contributed by atoms with E-state index in [1.165, 1.54) is 0 Å². The maximum atomic E-state index is 12.9. The zero-order valence-corrected chi connectivity index (χ0v) is 15.2. The number of aryl methyl sites for hydroxylation is 1. The van der Waals surface area contributed by atoms with Crippen molar-refractivity contribution in [2.45, 2.75) is 31.4 Å². The molecule has 0 radical (unpaired) electrons. The number of hydrogen-bond acceptors (Lipinski definition) is 5. The van der Waals surface area contributed by atoms with E-state index in [0.717, 1.165) is 35.9 Å². The molecule has 7 heteroatoms. The van der Waals surface area contributed by atoms with Crippen LogP contribution in [0.3, 0.4) is 0 Å². The van der Waals surface area contributed by atoms with Crippen molar-refractivity contribution in [1.82, 2.24) is 20.1 Å². The van der Waals surface area contributed by atoms with Gasteiger partial charge in [-0.3, -0.25) is 14.5 Å². The number of aliphatic hydroxyl groups is 1. The second-order valence-electron chi connectivity index (χ2n) is 7.01. The van der Waals surface area contributed by atoms with Gasteiger partial charge in [-0.2, -0.15) is 5.10 Å². The molecule has 7 nitrogen and oxygen atoms in total. The molecular weight excluding hydrogens is 344 g/mol. The van der Waals surface area contributed by atoms with Crippen molar-refractivity contribution in [3.63, 3.8) is 0 Å². The molecular formula is C20H22N4O3. The van der Waals surface area contributed by atoms with Crippen LogP contribution >= 0.6 is 0 Å². The Morgan fingerprint density at radius 2 is 2.19 bits per heavy atom. The summed E-state index contributed by atoms with van der Waals surface area (Å²) in [7, 11) is 1.75. The van der Waals surface area contributed by atoms with Gasteiger partial charge in [0.15, 0.2) is 0 Å². The number of benzene rings is 1. The topological polar surface area (TPSA) is 89.3 Å². The third-order valence-electron chi connectivity index (χ3n) is 5.12. The summed E-state index contributed by atoms with van der Waals surface area (Å²) in [6, 6.07) is 11.2. The van der Waals surface area contributed by atoms with E-state index in [0.29, 0.717) is 18.1 Å². The number of nitrogens with zero attached hydrogens (tertiary/aromatic N) is 3. The number of pyridine rings is 1. The van der Waals surface area contributed by atoms with Crippen molar-refractivity contribution >= 4 is 16.8 Å². The summed E-state index contributed by atoms with van der Waals surface area (Å²) in [5.74, 6) is 0.423. The molecule has 1 aliphatic carbocycles. The van der Waals surface area contributed by atoms with Crippen LogP contribution in [-0.4, -0.2) is 37.9 Å². The Morgan fingerprint density at radius 1 is 1.33 bits per heavy atom. The monoisotopic (exact) mass is 366 g/mol. The van der Waals surface area contributed by atoms with Gasteiger partial charge in [-0.05, 0) is 49.6 Å². The minimum absolute atomic E-state index is 0.0487. The molecule has 0 unspecified atom stereocenters. The van der Waals surface area contributed by atoms with Gasteiger partial charge in [0.1, 0.15) is 18.1 Å². The maximum absolute atomic E-state index is 12.9. The lowest BCUT2D eigenvalue weighted by Gasteiger charge is -2.40. The minimum atomic E-state index is -0.499. The SMILES string of the molecule is Cn1nc2ccc(OCc3ccccn3)cc2c1C(=O)NC1(CO)CCC1. The summed E-state index contributed by atoms with van der Waals surface area (Å²) >= 11 is 0. The Labute approximate surface area is 157 Å². The summed E-state index contributed by atoms with van der Waals surface area (Å²) in [5, 5.41) is 17.8. The predicted octanol–water partition coefficient (Wildman–Crippen LogP) is 2.19. The van der Waals surface area contributed by atoms with Crippen molar-refractivity contribution in [3.8, 4) is 5.75 Å². The fraction of sp³-hybridized carbons (Fsp3) is 0.350. The smallest absolute Gasteiger partial charge is 0.270 e. The first kappa shape index (κ1) is 17.5. The first-order chi connectivity index (χ1) is 13.1. The van der Waals surface area contributed by atoms with E-state index >= 15 is 0 Å². The second kappa shape index (κ2) is 7.00. The molecule has 0 atom stereocenters. The average molecular weight is 366 g/mol. The summed E-state index contributed by atoms with van der Waals surface area (Å²) < 4.78 is 7.40. The van der Waals surface area contributed by atoms with Crippen molar-refractivity contribution in [1.29, 1.82) is 0 Å². The van der Waals surface area contributed by atoms with E-state index in [4.69, 9.17) is 4.74 Å². The van der Waals surface area contributed by atoms with Gasteiger partial charge in [0.25, 0.3) is 5.91 Å². The average Bonchev–Trinajstić information content (AvgIpc) is 2.99. The zero-order valence-electron chi connectivity index (χ0n) is 15.2. The van der Waals surface area contributed by atoms with Gasteiger partial charge in [-0.25, -0.2) is 0 Å². The Morgan fingerprint density at radius 3 is 2.85 bits per heavy atom. The molecule has 4 rings (SSSR count). The van der Waals surface area contributed by atoms with Gasteiger partial charge in [0, 0.05) is 18.6 Å². The van der Waals surface area contributed by atoms with Crippen LogP contribution in [0.25, 0.3) is 10.9 Å². The highest BCUT2D eigenvalue weighted by Crippen LogP contribution is 2.32. The Bertz CT molecular complexity index is 959. The largest absolute Gasteiger partial charge is 0.487 e. The van der Waals surface area contributed by atoms with Gasteiger partial charge >= 0.3 is 0 Å². The van der Waals surface area contributed by atoms with Crippen molar-refractivity contribution in [2.24, 2.45) is 7.05 Å². The summed E-state index contributed by atoms with van der Waals surface area (Å²) in [6.45, 7) is 0.300.